The van der Waals surface area contributed by atoms with E-state index in [1.165, 1.54) is 0 Å². The molecule has 0 spiro atoms. The van der Waals surface area contributed by atoms with Gasteiger partial charge in [-0.2, -0.15) is 0 Å². The second kappa shape index (κ2) is 11.0. The Hall–Kier alpha value is -1.79. The van der Waals surface area contributed by atoms with Crippen LogP contribution in [0.2, 0.25) is 0 Å². The molecule has 0 bridgehead atoms. The first kappa shape index (κ1) is 22.3. The smallest absolute Gasteiger partial charge is 0.315 e. The molecule has 2 unspecified atom stereocenters. The Kier molecular flexibility index (Phi) is 9.44. The van der Waals surface area contributed by atoms with Gasteiger partial charge < -0.3 is 20.9 Å². The maximum atomic E-state index is 12.8. The molecule has 6 nitrogen and oxygen atoms in total. The highest BCUT2D eigenvalue weighted by atomic mass is 35.5. The van der Waals surface area contributed by atoms with E-state index in [1.54, 1.807) is 0 Å². The number of nitrogens with zero attached hydrogens (tertiary/aromatic N) is 1. The quantitative estimate of drug-likeness (QED) is 0.675. The summed E-state index contributed by atoms with van der Waals surface area (Å²) in [4.78, 5) is 26.9. The van der Waals surface area contributed by atoms with Gasteiger partial charge in [-0.25, -0.2) is 4.79 Å². The second-order valence-corrected chi connectivity index (χ2v) is 7.03. The second-order valence-electron chi connectivity index (χ2n) is 7.03. The lowest BCUT2D eigenvalue weighted by atomic mass is 10.0. The number of hydrogen-bond acceptors (Lipinski definition) is 3. The van der Waals surface area contributed by atoms with E-state index in [2.05, 4.69) is 16.0 Å². The van der Waals surface area contributed by atoms with E-state index in [0.717, 1.165) is 31.6 Å². The Balaban J connectivity index is 0.00000338. The molecule has 0 aromatic heterocycles. The number of rotatable bonds is 7. The molecular formula is C19H31ClN4O2. The monoisotopic (exact) mass is 382 g/mol. The fraction of sp³-hybridized carbons (Fsp3) is 0.579. The van der Waals surface area contributed by atoms with Crippen molar-refractivity contribution in [2.24, 2.45) is 11.8 Å². The van der Waals surface area contributed by atoms with Gasteiger partial charge in [-0.1, -0.05) is 44.2 Å². The Bertz CT molecular complexity index is 568. The third kappa shape index (κ3) is 6.50. The summed E-state index contributed by atoms with van der Waals surface area (Å²) in [6.45, 7) is 6.81. The van der Waals surface area contributed by atoms with E-state index < -0.39 is 6.04 Å². The Morgan fingerprint density at radius 1 is 1.23 bits per heavy atom. The number of nitrogens with one attached hydrogen (secondary N) is 3. The molecule has 0 saturated carbocycles. The fourth-order valence-electron chi connectivity index (χ4n) is 3.17. The number of hydrogen-bond donors (Lipinski definition) is 3. The maximum absolute atomic E-state index is 12.8. The minimum absolute atomic E-state index is 0. The summed E-state index contributed by atoms with van der Waals surface area (Å²) < 4.78 is 0. The average molecular weight is 383 g/mol. The number of likely N-dealkylation sites (tertiary alicyclic amines) is 1. The molecule has 1 fully saturated rings. The summed E-state index contributed by atoms with van der Waals surface area (Å²) in [6, 6.07) is 8.92. The molecule has 0 radical (unpaired) electrons. The first-order chi connectivity index (χ1) is 12.0. The highest BCUT2D eigenvalue weighted by Gasteiger charge is 2.32. The summed E-state index contributed by atoms with van der Waals surface area (Å²) in [5.74, 6) is 0.551. The van der Waals surface area contributed by atoms with E-state index in [4.69, 9.17) is 0 Å². The van der Waals surface area contributed by atoms with E-state index in [-0.39, 0.29) is 30.3 Å². The summed E-state index contributed by atoms with van der Waals surface area (Å²) in [5.41, 5.74) is 1.03. The average Bonchev–Trinajstić information content (AvgIpc) is 3.07. The maximum Gasteiger partial charge on any atom is 0.315 e. The molecule has 1 aliphatic rings. The molecule has 7 heteroatoms. The molecule has 1 aromatic rings. The number of carbonyl (C=O) groups excluding carboxylic acids is 2. The highest BCUT2D eigenvalue weighted by Crippen LogP contribution is 2.18. The van der Waals surface area contributed by atoms with Crippen molar-refractivity contribution in [1.82, 2.24) is 20.9 Å². The SMILES string of the molecule is CNCC1CCN(C(=O)C(NC(=O)NCc2ccccc2)C(C)C)C1.Cl. The highest BCUT2D eigenvalue weighted by molar-refractivity contribution is 5.87. The molecule has 3 amide bonds. The van der Waals surface area contributed by atoms with Crippen LogP contribution in [-0.2, 0) is 11.3 Å². The molecule has 3 N–H and O–H groups in total. The molecule has 1 saturated heterocycles. The zero-order valence-corrected chi connectivity index (χ0v) is 16.6. The first-order valence-electron chi connectivity index (χ1n) is 9.03. The molecule has 1 aromatic carbocycles. The molecule has 26 heavy (non-hydrogen) atoms. The van der Waals surface area contributed by atoms with Crippen molar-refractivity contribution < 1.29 is 9.59 Å². The van der Waals surface area contributed by atoms with Crippen LogP contribution in [0, 0.1) is 11.8 Å². The molecule has 2 rings (SSSR count). The van der Waals surface area contributed by atoms with Crippen LogP contribution in [0.5, 0.6) is 0 Å². The fourth-order valence-corrected chi connectivity index (χ4v) is 3.17. The van der Waals surface area contributed by atoms with Crippen LogP contribution in [0.25, 0.3) is 0 Å². The standard InChI is InChI=1S/C19H30N4O2.ClH/c1-14(2)17(18(24)23-10-9-16(13-23)11-20-3)22-19(25)21-12-15-7-5-4-6-8-15;/h4-8,14,16-17,20H,9-13H2,1-3H3,(H2,21,22,25);1H. The van der Waals surface area contributed by atoms with E-state index in [9.17, 15) is 9.59 Å². The van der Waals surface area contributed by atoms with Crippen molar-refractivity contribution >= 4 is 24.3 Å². The first-order valence-corrected chi connectivity index (χ1v) is 9.03. The van der Waals surface area contributed by atoms with Crippen LogP contribution in [0.4, 0.5) is 4.79 Å². The topological polar surface area (TPSA) is 73.5 Å². The normalized spacial score (nSPS) is 17.5. The number of carbonyl (C=O) groups is 2. The molecule has 1 heterocycles. The lowest BCUT2D eigenvalue weighted by Gasteiger charge is -2.27. The van der Waals surface area contributed by atoms with Crippen LogP contribution in [0.3, 0.4) is 0 Å². The third-order valence-electron chi connectivity index (χ3n) is 4.61. The number of halogens is 1. The number of amides is 3. The van der Waals surface area contributed by atoms with Gasteiger partial charge in [0.2, 0.25) is 5.91 Å². The molecule has 2 atom stereocenters. The minimum Gasteiger partial charge on any atom is -0.341 e. The zero-order chi connectivity index (χ0) is 18.2. The molecule has 146 valence electrons. The molecule has 0 aliphatic carbocycles. The van der Waals surface area contributed by atoms with Crippen LogP contribution < -0.4 is 16.0 Å². The number of benzene rings is 1. The van der Waals surface area contributed by atoms with Crippen molar-refractivity contribution in [2.45, 2.75) is 32.9 Å². The van der Waals surface area contributed by atoms with Gasteiger partial charge in [0.05, 0.1) is 0 Å². The van der Waals surface area contributed by atoms with Crippen molar-refractivity contribution in [3.05, 3.63) is 35.9 Å². The largest absolute Gasteiger partial charge is 0.341 e. The van der Waals surface area contributed by atoms with Gasteiger partial charge >= 0.3 is 6.03 Å². The predicted molar refractivity (Wildman–Crippen MR) is 106 cm³/mol. The van der Waals surface area contributed by atoms with Gasteiger partial charge in [-0.05, 0) is 37.4 Å². The Morgan fingerprint density at radius 3 is 2.54 bits per heavy atom. The van der Waals surface area contributed by atoms with Gasteiger partial charge in [-0.3, -0.25) is 4.79 Å². The summed E-state index contributed by atoms with van der Waals surface area (Å²) in [7, 11) is 1.93. The Morgan fingerprint density at radius 2 is 1.92 bits per heavy atom. The van der Waals surface area contributed by atoms with E-state index in [1.807, 2.05) is 56.1 Å². The lowest BCUT2D eigenvalue weighted by molar-refractivity contribution is -0.133. The third-order valence-corrected chi connectivity index (χ3v) is 4.61. The molecule has 1 aliphatic heterocycles. The zero-order valence-electron chi connectivity index (χ0n) is 15.8. The van der Waals surface area contributed by atoms with Gasteiger partial charge in [0.1, 0.15) is 6.04 Å². The summed E-state index contributed by atoms with van der Waals surface area (Å²) in [6.07, 6.45) is 1.01. The van der Waals surface area contributed by atoms with Gasteiger partial charge in [0, 0.05) is 19.6 Å². The number of urea groups is 1. The van der Waals surface area contributed by atoms with Crippen LogP contribution in [0.1, 0.15) is 25.8 Å². The van der Waals surface area contributed by atoms with E-state index >= 15 is 0 Å². The van der Waals surface area contributed by atoms with Gasteiger partial charge in [0.25, 0.3) is 0 Å². The van der Waals surface area contributed by atoms with Crippen molar-refractivity contribution in [2.75, 3.05) is 26.7 Å². The van der Waals surface area contributed by atoms with Crippen LogP contribution in [-0.4, -0.2) is 49.6 Å². The summed E-state index contributed by atoms with van der Waals surface area (Å²) >= 11 is 0. The van der Waals surface area contributed by atoms with Gasteiger partial charge in [0.15, 0.2) is 0 Å². The van der Waals surface area contributed by atoms with Gasteiger partial charge in [-0.15, -0.1) is 12.4 Å². The predicted octanol–water partition coefficient (Wildman–Crippen LogP) is 2.00. The lowest BCUT2D eigenvalue weighted by Crippen LogP contribution is -2.53. The summed E-state index contributed by atoms with van der Waals surface area (Å²) in [5, 5.41) is 8.85. The Labute approximate surface area is 162 Å². The van der Waals surface area contributed by atoms with Crippen molar-refractivity contribution in [1.29, 1.82) is 0 Å². The van der Waals surface area contributed by atoms with Crippen molar-refractivity contribution in [3.8, 4) is 0 Å². The molecular weight excluding hydrogens is 352 g/mol. The van der Waals surface area contributed by atoms with Crippen LogP contribution in [0.15, 0.2) is 30.3 Å². The van der Waals surface area contributed by atoms with Crippen molar-refractivity contribution in [3.63, 3.8) is 0 Å². The minimum atomic E-state index is -0.496. The van der Waals surface area contributed by atoms with Crippen LogP contribution >= 0.6 is 12.4 Å². The van der Waals surface area contributed by atoms with E-state index in [0.29, 0.717) is 12.5 Å².